The lowest BCUT2D eigenvalue weighted by molar-refractivity contribution is 0.0946. The first-order valence-corrected chi connectivity index (χ1v) is 6.33. The molecule has 1 saturated carbocycles. The minimum Gasteiger partial charge on any atom is -0.495 e. The Bertz CT molecular complexity index is 441. The van der Waals surface area contributed by atoms with Crippen molar-refractivity contribution in [1.29, 1.82) is 0 Å². The molecule has 3 N–H and O–H groups in total. The van der Waals surface area contributed by atoms with Crippen LogP contribution in [0, 0.1) is 11.8 Å². The molecule has 1 aliphatic carbocycles. The van der Waals surface area contributed by atoms with E-state index in [2.05, 4.69) is 12.2 Å². The van der Waals surface area contributed by atoms with Crippen molar-refractivity contribution in [2.45, 2.75) is 19.8 Å². The predicted octanol–water partition coefficient (Wildman–Crippen LogP) is 2.05. The lowest BCUT2D eigenvalue weighted by Crippen LogP contribution is -2.29. The zero-order chi connectivity index (χ0) is 13.1. The van der Waals surface area contributed by atoms with Crippen molar-refractivity contribution >= 4 is 11.6 Å². The standard InChI is InChI=1S/C14H20N2O2/c1-9(10-3-4-10)8-16-14(17)11-5-6-12(15)13(7-11)18-2/h5-7,9-10H,3-4,8,15H2,1-2H3,(H,16,17). The van der Waals surface area contributed by atoms with Gasteiger partial charge < -0.3 is 15.8 Å². The van der Waals surface area contributed by atoms with Crippen LogP contribution in [0.3, 0.4) is 0 Å². The van der Waals surface area contributed by atoms with Gasteiger partial charge >= 0.3 is 0 Å². The Morgan fingerprint density at radius 1 is 1.56 bits per heavy atom. The molecule has 0 saturated heterocycles. The summed E-state index contributed by atoms with van der Waals surface area (Å²) >= 11 is 0. The predicted molar refractivity (Wildman–Crippen MR) is 71.6 cm³/mol. The maximum absolute atomic E-state index is 12.0. The van der Waals surface area contributed by atoms with Crippen molar-refractivity contribution in [3.05, 3.63) is 23.8 Å². The molecule has 1 fully saturated rings. The first kappa shape index (κ1) is 12.7. The van der Waals surface area contributed by atoms with Crippen LogP contribution in [0.5, 0.6) is 5.75 Å². The van der Waals surface area contributed by atoms with E-state index in [1.165, 1.54) is 12.8 Å². The van der Waals surface area contributed by atoms with Gasteiger partial charge in [0.25, 0.3) is 5.91 Å². The summed E-state index contributed by atoms with van der Waals surface area (Å²) < 4.78 is 5.10. The van der Waals surface area contributed by atoms with E-state index < -0.39 is 0 Å². The molecule has 0 aromatic heterocycles. The number of hydrogen-bond acceptors (Lipinski definition) is 3. The number of carbonyl (C=O) groups is 1. The molecule has 1 aliphatic rings. The second kappa shape index (κ2) is 5.29. The minimum absolute atomic E-state index is 0.0687. The Kier molecular flexibility index (Phi) is 3.75. The maximum atomic E-state index is 12.0. The summed E-state index contributed by atoms with van der Waals surface area (Å²) in [4.78, 5) is 12.0. The summed E-state index contributed by atoms with van der Waals surface area (Å²) in [7, 11) is 1.54. The van der Waals surface area contributed by atoms with Crippen LogP contribution in [0.15, 0.2) is 18.2 Å². The van der Waals surface area contributed by atoms with Gasteiger partial charge in [0.1, 0.15) is 5.75 Å². The van der Waals surface area contributed by atoms with Crippen molar-refractivity contribution in [3.63, 3.8) is 0 Å². The highest BCUT2D eigenvalue weighted by Gasteiger charge is 2.27. The molecule has 0 heterocycles. The third-order valence-corrected chi connectivity index (χ3v) is 3.51. The number of anilines is 1. The molecule has 0 bridgehead atoms. The van der Waals surface area contributed by atoms with Crippen molar-refractivity contribution in [1.82, 2.24) is 5.32 Å². The molecule has 4 nitrogen and oxygen atoms in total. The van der Waals surface area contributed by atoms with Crippen molar-refractivity contribution in [2.24, 2.45) is 11.8 Å². The molecule has 0 spiro atoms. The molecular formula is C14H20N2O2. The zero-order valence-corrected chi connectivity index (χ0v) is 10.9. The van der Waals surface area contributed by atoms with Crippen LogP contribution in [-0.2, 0) is 0 Å². The number of ether oxygens (including phenoxy) is 1. The second-order valence-corrected chi connectivity index (χ2v) is 4.98. The van der Waals surface area contributed by atoms with Crippen LogP contribution in [0.2, 0.25) is 0 Å². The molecule has 1 atom stereocenters. The summed E-state index contributed by atoms with van der Waals surface area (Å²) in [6.45, 7) is 2.91. The highest BCUT2D eigenvalue weighted by molar-refractivity contribution is 5.95. The van der Waals surface area contributed by atoms with Gasteiger partial charge in [-0.2, -0.15) is 0 Å². The van der Waals surface area contributed by atoms with E-state index in [0.29, 0.717) is 22.9 Å². The lowest BCUT2D eigenvalue weighted by Gasteiger charge is -2.12. The van der Waals surface area contributed by atoms with Gasteiger partial charge in [-0.15, -0.1) is 0 Å². The summed E-state index contributed by atoms with van der Waals surface area (Å²) in [5.41, 5.74) is 6.84. The van der Waals surface area contributed by atoms with Crippen molar-refractivity contribution in [2.75, 3.05) is 19.4 Å². The third kappa shape index (κ3) is 2.94. The van der Waals surface area contributed by atoms with Crippen LogP contribution >= 0.6 is 0 Å². The van der Waals surface area contributed by atoms with Crippen LogP contribution in [0.25, 0.3) is 0 Å². The number of nitrogens with one attached hydrogen (secondary N) is 1. The average molecular weight is 248 g/mol. The largest absolute Gasteiger partial charge is 0.495 e. The van der Waals surface area contributed by atoms with Crippen LogP contribution in [-0.4, -0.2) is 19.6 Å². The molecule has 2 rings (SSSR count). The number of carbonyl (C=O) groups excluding carboxylic acids is 1. The average Bonchev–Trinajstić information content (AvgIpc) is 3.20. The number of hydrogen-bond donors (Lipinski definition) is 2. The molecule has 0 radical (unpaired) electrons. The van der Waals surface area contributed by atoms with Crippen molar-refractivity contribution < 1.29 is 9.53 Å². The number of methoxy groups -OCH3 is 1. The Balaban J connectivity index is 1.95. The fourth-order valence-corrected chi connectivity index (χ4v) is 2.04. The van der Waals surface area contributed by atoms with E-state index in [-0.39, 0.29) is 5.91 Å². The molecule has 1 amide bonds. The van der Waals surface area contributed by atoms with Gasteiger partial charge in [-0.05, 0) is 42.9 Å². The van der Waals surface area contributed by atoms with E-state index in [0.717, 1.165) is 12.5 Å². The molecular weight excluding hydrogens is 228 g/mol. The molecule has 1 unspecified atom stereocenters. The maximum Gasteiger partial charge on any atom is 0.251 e. The summed E-state index contributed by atoms with van der Waals surface area (Å²) in [6.07, 6.45) is 2.60. The van der Waals surface area contributed by atoms with Crippen LogP contribution in [0.4, 0.5) is 5.69 Å². The SMILES string of the molecule is COc1cc(C(=O)NCC(C)C2CC2)ccc1N. The Labute approximate surface area is 108 Å². The van der Waals surface area contributed by atoms with E-state index in [1.54, 1.807) is 25.3 Å². The summed E-state index contributed by atoms with van der Waals surface area (Å²) in [5, 5.41) is 2.96. The van der Waals surface area contributed by atoms with Gasteiger partial charge in [-0.25, -0.2) is 0 Å². The monoisotopic (exact) mass is 248 g/mol. The van der Waals surface area contributed by atoms with Gasteiger partial charge in [0, 0.05) is 12.1 Å². The normalized spacial score (nSPS) is 16.1. The molecule has 0 aliphatic heterocycles. The van der Waals surface area contributed by atoms with Gasteiger partial charge in [0.05, 0.1) is 12.8 Å². The van der Waals surface area contributed by atoms with Crippen LogP contribution < -0.4 is 15.8 Å². The molecule has 4 heteroatoms. The number of amides is 1. The lowest BCUT2D eigenvalue weighted by atomic mass is 10.1. The summed E-state index contributed by atoms with van der Waals surface area (Å²) in [5.74, 6) is 1.83. The van der Waals surface area contributed by atoms with Gasteiger partial charge in [0.2, 0.25) is 0 Å². The first-order valence-electron chi connectivity index (χ1n) is 6.33. The Morgan fingerprint density at radius 3 is 2.89 bits per heavy atom. The number of nitrogens with two attached hydrogens (primary N) is 1. The minimum atomic E-state index is -0.0687. The van der Waals surface area contributed by atoms with Crippen molar-refractivity contribution in [3.8, 4) is 5.75 Å². The van der Waals surface area contributed by atoms with Crippen LogP contribution in [0.1, 0.15) is 30.1 Å². The third-order valence-electron chi connectivity index (χ3n) is 3.51. The second-order valence-electron chi connectivity index (χ2n) is 4.98. The Morgan fingerprint density at radius 2 is 2.28 bits per heavy atom. The fraction of sp³-hybridized carbons (Fsp3) is 0.500. The van der Waals surface area contributed by atoms with Gasteiger partial charge in [-0.3, -0.25) is 4.79 Å². The fourth-order valence-electron chi connectivity index (χ4n) is 2.04. The first-order chi connectivity index (χ1) is 8.61. The smallest absolute Gasteiger partial charge is 0.251 e. The van der Waals surface area contributed by atoms with E-state index in [4.69, 9.17) is 10.5 Å². The topological polar surface area (TPSA) is 64.3 Å². The molecule has 18 heavy (non-hydrogen) atoms. The van der Waals surface area contributed by atoms with E-state index >= 15 is 0 Å². The highest BCUT2D eigenvalue weighted by atomic mass is 16.5. The quantitative estimate of drug-likeness (QED) is 0.784. The van der Waals surface area contributed by atoms with Gasteiger partial charge in [0.15, 0.2) is 0 Å². The van der Waals surface area contributed by atoms with E-state index in [9.17, 15) is 4.79 Å². The Hall–Kier alpha value is -1.71. The summed E-state index contributed by atoms with van der Waals surface area (Å²) in [6, 6.07) is 5.08. The zero-order valence-electron chi connectivity index (χ0n) is 10.9. The number of rotatable bonds is 5. The molecule has 1 aromatic carbocycles. The van der Waals surface area contributed by atoms with Gasteiger partial charge in [-0.1, -0.05) is 6.92 Å². The number of nitrogen functional groups attached to an aromatic ring is 1. The molecule has 98 valence electrons. The highest BCUT2D eigenvalue weighted by Crippen LogP contribution is 2.36. The van der Waals surface area contributed by atoms with E-state index in [1.807, 2.05) is 0 Å². The molecule has 1 aromatic rings. The number of benzene rings is 1.